The zero-order chi connectivity index (χ0) is 11.1. The number of rotatable bonds is 0. The molecule has 0 atom stereocenters. The zero-order valence-electron chi connectivity index (χ0n) is 8.24. The summed E-state index contributed by atoms with van der Waals surface area (Å²) < 4.78 is 6.04. The van der Waals surface area contributed by atoms with Crippen LogP contribution in [0.4, 0.5) is 0 Å². The molecule has 0 fully saturated rings. The molecule has 0 aliphatic carbocycles. The monoisotopic (exact) mass is 274 g/mol. The second-order valence-corrected chi connectivity index (χ2v) is 4.43. The molecule has 0 saturated heterocycles. The van der Waals surface area contributed by atoms with Crippen molar-refractivity contribution in [3.05, 3.63) is 57.4 Å². The third-order valence-electron chi connectivity index (χ3n) is 2.58. The number of fused-ring (bicyclic) bond motifs is 3. The molecule has 0 N–H and O–H groups in total. The van der Waals surface area contributed by atoms with Gasteiger partial charge in [0.1, 0.15) is 5.58 Å². The molecule has 1 heterocycles. The highest BCUT2D eigenvalue weighted by Crippen LogP contribution is 2.28. The molecule has 0 aliphatic heterocycles. The van der Waals surface area contributed by atoms with Crippen LogP contribution in [0.5, 0.6) is 0 Å². The van der Waals surface area contributed by atoms with Crippen LogP contribution in [-0.2, 0) is 0 Å². The molecule has 0 saturated carbocycles. The van der Waals surface area contributed by atoms with E-state index in [1.165, 1.54) is 6.07 Å². The van der Waals surface area contributed by atoms with Crippen LogP contribution in [0.15, 0.2) is 56.1 Å². The lowest BCUT2D eigenvalue weighted by atomic mass is 10.1. The first-order valence-electron chi connectivity index (χ1n) is 4.87. The summed E-state index contributed by atoms with van der Waals surface area (Å²) >= 11 is 3.37. The van der Waals surface area contributed by atoms with Crippen molar-refractivity contribution in [2.24, 2.45) is 0 Å². The van der Waals surface area contributed by atoms with Gasteiger partial charge in [0.15, 0.2) is 0 Å². The Morgan fingerprint density at radius 2 is 1.81 bits per heavy atom. The minimum Gasteiger partial charge on any atom is -0.422 e. The highest BCUT2D eigenvalue weighted by atomic mass is 79.9. The van der Waals surface area contributed by atoms with Crippen molar-refractivity contribution in [1.82, 2.24) is 0 Å². The van der Waals surface area contributed by atoms with Gasteiger partial charge in [0.25, 0.3) is 0 Å². The molecular weight excluding hydrogens is 268 g/mol. The van der Waals surface area contributed by atoms with Gasteiger partial charge in [0.2, 0.25) is 0 Å². The van der Waals surface area contributed by atoms with Crippen molar-refractivity contribution in [3.8, 4) is 0 Å². The van der Waals surface area contributed by atoms with E-state index in [0.29, 0.717) is 5.58 Å². The van der Waals surface area contributed by atoms with E-state index < -0.39 is 0 Å². The van der Waals surface area contributed by atoms with E-state index in [-0.39, 0.29) is 5.63 Å². The van der Waals surface area contributed by atoms with Crippen LogP contribution >= 0.6 is 15.9 Å². The summed E-state index contributed by atoms with van der Waals surface area (Å²) in [6.45, 7) is 0. The summed E-state index contributed by atoms with van der Waals surface area (Å²) in [6.07, 6.45) is 0. The van der Waals surface area contributed by atoms with Gasteiger partial charge in [0.05, 0.1) is 0 Å². The Hall–Kier alpha value is -1.61. The smallest absolute Gasteiger partial charge is 0.337 e. The molecule has 78 valence electrons. The van der Waals surface area contributed by atoms with Gasteiger partial charge in [-0.15, -0.1) is 0 Å². The molecule has 0 bridgehead atoms. The molecule has 16 heavy (non-hydrogen) atoms. The summed E-state index contributed by atoms with van der Waals surface area (Å²) in [5, 5.41) is 2.94. The number of hydrogen-bond acceptors (Lipinski definition) is 2. The molecule has 2 nitrogen and oxygen atoms in total. The molecule has 0 aliphatic rings. The summed E-state index contributed by atoms with van der Waals surface area (Å²) in [7, 11) is 0. The fourth-order valence-corrected chi connectivity index (χ4v) is 2.35. The molecule has 1 aromatic heterocycles. The largest absolute Gasteiger partial charge is 0.422 e. The SMILES string of the molecule is O=c1cc(Br)c2ccc3ccccc3c2o1. The van der Waals surface area contributed by atoms with Gasteiger partial charge >= 0.3 is 5.63 Å². The van der Waals surface area contributed by atoms with Gasteiger partial charge < -0.3 is 4.42 Å². The average molecular weight is 275 g/mol. The maximum Gasteiger partial charge on any atom is 0.337 e. The Morgan fingerprint density at radius 1 is 1.00 bits per heavy atom. The Kier molecular flexibility index (Phi) is 2.07. The molecule has 0 unspecified atom stereocenters. The second-order valence-electron chi connectivity index (χ2n) is 3.58. The minimum atomic E-state index is -0.337. The van der Waals surface area contributed by atoms with Gasteiger partial charge in [-0.25, -0.2) is 4.79 Å². The van der Waals surface area contributed by atoms with Crippen molar-refractivity contribution in [2.75, 3.05) is 0 Å². The molecule has 0 amide bonds. The Morgan fingerprint density at radius 3 is 2.69 bits per heavy atom. The summed E-state index contributed by atoms with van der Waals surface area (Å²) in [5.74, 6) is 0. The van der Waals surface area contributed by atoms with Crippen LogP contribution in [0.1, 0.15) is 0 Å². The maximum atomic E-state index is 11.4. The normalized spacial score (nSPS) is 11.1. The van der Waals surface area contributed by atoms with Crippen LogP contribution in [0.3, 0.4) is 0 Å². The van der Waals surface area contributed by atoms with Crippen LogP contribution in [0.25, 0.3) is 21.7 Å². The average Bonchev–Trinajstić information content (AvgIpc) is 2.28. The molecule has 3 heteroatoms. The number of hydrogen-bond donors (Lipinski definition) is 0. The van der Waals surface area contributed by atoms with E-state index in [2.05, 4.69) is 15.9 Å². The first-order valence-corrected chi connectivity index (χ1v) is 5.66. The van der Waals surface area contributed by atoms with Crippen LogP contribution < -0.4 is 5.63 Å². The fraction of sp³-hybridized carbons (Fsp3) is 0. The molecular formula is C13H7BrO2. The molecule has 3 aromatic rings. The van der Waals surface area contributed by atoms with Crippen molar-refractivity contribution < 1.29 is 4.42 Å². The number of halogens is 1. The first kappa shape index (κ1) is 9.60. The van der Waals surface area contributed by atoms with E-state index in [9.17, 15) is 4.79 Å². The number of benzene rings is 2. The zero-order valence-corrected chi connectivity index (χ0v) is 9.82. The minimum absolute atomic E-state index is 0.337. The van der Waals surface area contributed by atoms with E-state index in [1.54, 1.807) is 0 Å². The van der Waals surface area contributed by atoms with E-state index >= 15 is 0 Å². The molecule has 0 spiro atoms. The summed E-state index contributed by atoms with van der Waals surface area (Å²) in [5.41, 5.74) is 0.299. The van der Waals surface area contributed by atoms with Gasteiger partial charge in [0, 0.05) is 21.3 Å². The quantitative estimate of drug-likeness (QED) is 0.462. The van der Waals surface area contributed by atoms with Gasteiger partial charge in [-0.05, 0) is 27.4 Å². The predicted molar refractivity (Wildman–Crippen MR) is 67.7 cm³/mol. The lowest BCUT2D eigenvalue weighted by Crippen LogP contribution is -1.96. The fourth-order valence-electron chi connectivity index (χ4n) is 1.85. The molecule has 0 radical (unpaired) electrons. The Bertz CT molecular complexity index is 744. The summed E-state index contributed by atoms with van der Waals surface area (Å²) in [6, 6.07) is 13.2. The van der Waals surface area contributed by atoms with Crippen LogP contribution in [0, 0.1) is 0 Å². The van der Waals surface area contributed by atoms with Crippen molar-refractivity contribution >= 4 is 37.7 Å². The topological polar surface area (TPSA) is 30.2 Å². The second kappa shape index (κ2) is 3.46. The Labute approximate surface area is 99.6 Å². The van der Waals surface area contributed by atoms with Crippen molar-refractivity contribution in [1.29, 1.82) is 0 Å². The third-order valence-corrected chi connectivity index (χ3v) is 3.24. The van der Waals surface area contributed by atoms with Gasteiger partial charge in [-0.3, -0.25) is 0 Å². The predicted octanol–water partition coefficient (Wildman–Crippen LogP) is 3.71. The molecule has 3 rings (SSSR count). The van der Waals surface area contributed by atoms with E-state index in [1.807, 2.05) is 36.4 Å². The van der Waals surface area contributed by atoms with E-state index in [4.69, 9.17) is 4.42 Å². The lowest BCUT2D eigenvalue weighted by molar-refractivity contribution is 0.563. The van der Waals surface area contributed by atoms with Gasteiger partial charge in [-0.2, -0.15) is 0 Å². The third kappa shape index (κ3) is 1.36. The van der Waals surface area contributed by atoms with Crippen LogP contribution in [-0.4, -0.2) is 0 Å². The highest BCUT2D eigenvalue weighted by molar-refractivity contribution is 9.10. The lowest BCUT2D eigenvalue weighted by Gasteiger charge is -2.03. The summed E-state index contributed by atoms with van der Waals surface area (Å²) in [4.78, 5) is 11.4. The van der Waals surface area contributed by atoms with Crippen molar-refractivity contribution in [3.63, 3.8) is 0 Å². The maximum absolute atomic E-state index is 11.4. The highest BCUT2D eigenvalue weighted by Gasteiger charge is 2.06. The Balaban J connectivity index is 2.65. The van der Waals surface area contributed by atoms with E-state index in [0.717, 1.165) is 20.6 Å². The van der Waals surface area contributed by atoms with Crippen LogP contribution in [0.2, 0.25) is 0 Å². The first-order chi connectivity index (χ1) is 7.75. The van der Waals surface area contributed by atoms with Gasteiger partial charge in [-0.1, -0.05) is 30.3 Å². The molecule has 2 aromatic carbocycles. The van der Waals surface area contributed by atoms with Crippen molar-refractivity contribution in [2.45, 2.75) is 0 Å². The standard InChI is InChI=1S/C13H7BrO2/c14-11-7-12(15)16-13-9-4-2-1-3-8(9)5-6-10(11)13/h1-7H.